The van der Waals surface area contributed by atoms with E-state index in [2.05, 4.69) is 18.1 Å². The summed E-state index contributed by atoms with van der Waals surface area (Å²) in [4.78, 5) is 3.98. The molecule has 0 unspecified atom stereocenters. The van der Waals surface area contributed by atoms with Crippen molar-refractivity contribution in [3.05, 3.63) is 49.0 Å². The SMILES string of the molecule is C=C(O)C(=C)c1ccccn1. The van der Waals surface area contributed by atoms with Gasteiger partial charge in [-0.2, -0.15) is 0 Å². The number of hydrogen-bond donors (Lipinski definition) is 1. The zero-order valence-corrected chi connectivity index (χ0v) is 6.12. The molecule has 1 N–H and O–H groups in total. The summed E-state index contributed by atoms with van der Waals surface area (Å²) in [6, 6.07) is 5.40. The van der Waals surface area contributed by atoms with E-state index < -0.39 is 0 Å². The molecule has 0 bridgehead atoms. The Bertz CT molecular complexity index is 277. The minimum atomic E-state index is -0.0382. The molecule has 1 heterocycles. The second-order valence-electron chi connectivity index (χ2n) is 2.14. The minimum Gasteiger partial charge on any atom is -0.508 e. The number of allylic oxidation sites excluding steroid dienone is 1. The number of rotatable bonds is 2. The molecular formula is C9H9NO. The van der Waals surface area contributed by atoms with E-state index in [1.165, 1.54) is 0 Å². The summed E-state index contributed by atoms with van der Waals surface area (Å²) in [6.07, 6.45) is 1.64. The van der Waals surface area contributed by atoms with Gasteiger partial charge in [-0.05, 0) is 12.1 Å². The molecule has 2 nitrogen and oxygen atoms in total. The molecule has 0 amide bonds. The number of nitrogens with zero attached hydrogens (tertiary/aromatic N) is 1. The first-order chi connectivity index (χ1) is 5.22. The molecule has 1 aromatic rings. The Hall–Kier alpha value is -1.57. The fourth-order valence-electron chi connectivity index (χ4n) is 0.689. The zero-order valence-electron chi connectivity index (χ0n) is 6.12. The van der Waals surface area contributed by atoms with Crippen molar-refractivity contribution in [1.29, 1.82) is 0 Å². The molecule has 56 valence electrons. The van der Waals surface area contributed by atoms with Gasteiger partial charge in [0, 0.05) is 11.8 Å². The van der Waals surface area contributed by atoms with Crippen molar-refractivity contribution in [3.8, 4) is 0 Å². The van der Waals surface area contributed by atoms with E-state index in [9.17, 15) is 0 Å². The standard InChI is InChI=1S/C9H9NO/c1-7(8(2)11)9-5-3-4-6-10-9/h3-6,11H,1-2H2. The summed E-state index contributed by atoms with van der Waals surface area (Å²) in [6.45, 7) is 6.96. The molecular weight excluding hydrogens is 138 g/mol. The van der Waals surface area contributed by atoms with E-state index in [0.29, 0.717) is 11.3 Å². The van der Waals surface area contributed by atoms with Crippen molar-refractivity contribution in [2.24, 2.45) is 0 Å². The topological polar surface area (TPSA) is 33.1 Å². The largest absolute Gasteiger partial charge is 0.508 e. The maximum atomic E-state index is 8.94. The van der Waals surface area contributed by atoms with E-state index in [0.717, 1.165) is 0 Å². The Morgan fingerprint density at radius 1 is 1.36 bits per heavy atom. The van der Waals surface area contributed by atoms with Gasteiger partial charge in [-0.15, -0.1) is 0 Å². The van der Waals surface area contributed by atoms with E-state index in [1.807, 2.05) is 6.07 Å². The third-order valence-corrected chi connectivity index (χ3v) is 1.32. The molecule has 0 saturated carbocycles. The first-order valence-electron chi connectivity index (χ1n) is 3.20. The zero-order chi connectivity index (χ0) is 8.27. The van der Waals surface area contributed by atoms with Gasteiger partial charge in [-0.25, -0.2) is 0 Å². The second kappa shape index (κ2) is 3.01. The first kappa shape index (κ1) is 7.54. The quantitative estimate of drug-likeness (QED) is 0.513. The maximum absolute atomic E-state index is 8.94. The highest BCUT2D eigenvalue weighted by atomic mass is 16.3. The average molecular weight is 147 g/mol. The van der Waals surface area contributed by atoms with Crippen molar-refractivity contribution >= 4 is 5.57 Å². The summed E-state index contributed by atoms with van der Waals surface area (Å²) in [5, 5.41) is 8.94. The van der Waals surface area contributed by atoms with Gasteiger partial charge >= 0.3 is 0 Å². The van der Waals surface area contributed by atoms with Crippen molar-refractivity contribution < 1.29 is 5.11 Å². The smallest absolute Gasteiger partial charge is 0.117 e. The molecule has 1 aromatic heterocycles. The molecule has 0 aromatic carbocycles. The molecule has 0 radical (unpaired) electrons. The Labute approximate surface area is 65.5 Å². The van der Waals surface area contributed by atoms with Gasteiger partial charge in [-0.3, -0.25) is 4.98 Å². The van der Waals surface area contributed by atoms with Gasteiger partial charge < -0.3 is 5.11 Å². The average Bonchev–Trinajstić information content (AvgIpc) is 2.05. The lowest BCUT2D eigenvalue weighted by Gasteiger charge is -2.00. The van der Waals surface area contributed by atoms with Crippen LogP contribution in [0.25, 0.3) is 5.57 Å². The van der Waals surface area contributed by atoms with Gasteiger partial charge in [0.1, 0.15) is 5.76 Å². The van der Waals surface area contributed by atoms with Gasteiger partial charge in [0.2, 0.25) is 0 Å². The summed E-state index contributed by atoms with van der Waals surface area (Å²) >= 11 is 0. The van der Waals surface area contributed by atoms with Crippen molar-refractivity contribution in [3.63, 3.8) is 0 Å². The Morgan fingerprint density at radius 2 is 2.09 bits per heavy atom. The number of aliphatic hydroxyl groups excluding tert-OH is 1. The molecule has 0 saturated heterocycles. The van der Waals surface area contributed by atoms with E-state index in [4.69, 9.17) is 5.11 Å². The highest BCUT2D eigenvalue weighted by molar-refractivity contribution is 5.71. The lowest BCUT2D eigenvalue weighted by Crippen LogP contribution is -1.88. The molecule has 0 atom stereocenters. The van der Waals surface area contributed by atoms with Crippen molar-refractivity contribution in [2.45, 2.75) is 0 Å². The van der Waals surface area contributed by atoms with Crippen LogP contribution in [0.1, 0.15) is 5.69 Å². The molecule has 11 heavy (non-hydrogen) atoms. The maximum Gasteiger partial charge on any atom is 0.117 e. The molecule has 0 aliphatic heterocycles. The number of pyridine rings is 1. The summed E-state index contributed by atoms with van der Waals surface area (Å²) in [7, 11) is 0. The number of aromatic nitrogens is 1. The normalized spacial score (nSPS) is 9.09. The van der Waals surface area contributed by atoms with Crippen LogP contribution in [-0.4, -0.2) is 10.1 Å². The molecule has 0 aliphatic carbocycles. The van der Waals surface area contributed by atoms with Crippen LogP contribution in [0.4, 0.5) is 0 Å². The number of hydrogen-bond acceptors (Lipinski definition) is 2. The Morgan fingerprint density at radius 3 is 2.55 bits per heavy atom. The van der Waals surface area contributed by atoms with Gasteiger partial charge in [0.05, 0.1) is 5.69 Å². The predicted octanol–water partition coefficient (Wildman–Crippen LogP) is 2.17. The van der Waals surface area contributed by atoms with E-state index >= 15 is 0 Å². The fraction of sp³-hybridized carbons (Fsp3) is 0. The van der Waals surface area contributed by atoms with Gasteiger partial charge in [0.25, 0.3) is 0 Å². The molecule has 2 heteroatoms. The Balaban J connectivity index is 2.95. The van der Waals surface area contributed by atoms with Crippen molar-refractivity contribution in [1.82, 2.24) is 4.98 Å². The van der Waals surface area contributed by atoms with Crippen LogP contribution in [0.5, 0.6) is 0 Å². The third kappa shape index (κ3) is 1.67. The highest BCUT2D eigenvalue weighted by Crippen LogP contribution is 2.13. The van der Waals surface area contributed by atoms with Crippen LogP contribution in [0, 0.1) is 0 Å². The van der Waals surface area contributed by atoms with E-state index in [-0.39, 0.29) is 5.76 Å². The summed E-state index contributed by atoms with van der Waals surface area (Å²) < 4.78 is 0. The van der Waals surface area contributed by atoms with Crippen LogP contribution in [-0.2, 0) is 0 Å². The summed E-state index contributed by atoms with van der Waals surface area (Å²) in [5.74, 6) is -0.0382. The minimum absolute atomic E-state index is 0.0382. The second-order valence-corrected chi connectivity index (χ2v) is 2.14. The Kier molecular flexibility index (Phi) is 2.06. The number of aliphatic hydroxyl groups is 1. The monoisotopic (exact) mass is 147 g/mol. The van der Waals surface area contributed by atoms with Gasteiger partial charge in [0.15, 0.2) is 0 Å². The van der Waals surface area contributed by atoms with Crippen LogP contribution >= 0.6 is 0 Å². The van der Waals surface area contributed by atoms with Crippen LogP contribution in [0.2, 0.25) is 0 Å². The van der Waals surface area contributed by atoms with E-state index in [1.54, 1.807) is 18.3 Å². The fourth-order valence-corrected chi connectivity index (χ4v) is 0.689. The highest BCUT2D eigenvalue weighted by Gasteiger charge is 2.00. The lowest BCUT2D eigenvalue weighted by atomic mass is 10.2. The molecule has 1 rings (SSSR count). The molecule has 0 fully saturated rings. The van der Waals surface area contributed by atoms with Crippen LogP contribution in [0.3, 0.4) is 0 Å². The molecule has 0 aliphatic rings. The van der Waals surface area contributed by atoms with Crippen LogP contribution < -0.4 is 0 Å². The lowest BCUT2D eigenvalue weighted by molar-refractivity contribution is 0.440. The first-order valence-corrected chi connectivity index (χ1v) is 3.20. The summed E-state index contributed by atoms with van der Waals surface area (Å²) in [5.41, 5.74) is 1.12. The van der Waals surface area contributed by atoms with Crippen LogP contribution in [0.15, 0.2) is 43.3 Å². The predicted molar refractivity (Wildman–Crippen MR) is 45.0 cm³/mol. The molecule has 0 spiro atoms. The third-order valence-electron chi connectivity index (χ3n) is 1.32. The van der Waals surface area contributed by atoms with Gasteiger partial charge in [-0.1, -0.05) is 19.2 Å². The van der Waals surface area contributed by atoms with Crippen molar-refractivity contribution in [2.75, 3.05) is 0 Å².